The molecule has 2 rings (SSSR count). The second-order valence-corrected chi connectivity index (χ2v) is 3.40. The van der Waals surface area contributed by atoms with Gasteiger partial charge in [-0.05, 0) is 12.8 Å². The molecule has 3 N–H and O–H groups in total. The molecule has 1 aliphatic rings. The lowest BCUT2D eigenvalue weighted by Crippen LogP contribution is -2.16. The van der Waals surface area contributed by atoms with Crippen LogP contribution < -0.4 is 11.1 Å². The predicted octanol–water partition coefficient (Wildman–Crippen LogP) is 1.21. The molecule has 1 fully saturated rings. The molecular weight excluding hydrogens is 164 g/mol. The van der Waals surface area contributed by atoms with Crippen molar-refractivity contribution in [3.63, 3.8) is 0 Å². The van der Waals surface area contributed by atoms with Gasteiger partial charge in [-0.2, -0.15) is 0 Å². The number of nitrogens with one attached hydrogen (secondary N) is 1. The van der Waals surface area contributed by atoms with Gasteiger partial charge in [0, 0.05) is 6.04 Å². The molecule has 1 aliphatic carbocycles. The number of nitrogen functional groups attached to an aromatic ring is 1. The Morgan fingerprint density at radius 3 is 2.92 bits per heavy atom. The van der Waals surface area contributed by atoms with E-state index < -0.39 is 0 Å². The maximum atomic E-state index is 5.69. The maximum Gasteiger partial charge on any atom is 0.199 e. The fraction of sp³-hybridized carbons (Fsp3) is 0.556. The molecule has 0 bridgehead atoms. The molecule has 0 aliphatic heterocycles. The quantitative estimate of drug-likeness (QED) is 0.712. The van der Waals surface area contributed by atoms with Crippen molar-refractivity contribution in [3.05, 3.63) is 12.5 Å². The van der Waals surface area contributed by atoms with Crippen molar-refractivity contribution in [1.82, 2.24) is 9.97 Å². The molecule has 0 spiro atoms. The first kappa shape index (κ1) is 8.29. The van der Waals surface area contributed by atoms with Gasteiger partial charge in [0.2, 0.25) is 0 Å². The topological polar surface area (TPSA) is 63.8 Å². The van der Waals surface area contributed by atoms with E-state index in [2.05, 4.69) is 21.6 Å². The largest absolute Gasteiger partial charge is 0.394 e. The van der Waals surface area contributed by atoms with Crippen LogP contribution in [0, 0.1) is 6.33 Å². The zero-order valence-electron chi connectivity index (χ0n) is 7.45. The lowest BCUT2D eigenvalue weighted by atomic mass is 10.2. The predicted molar refractivity (Wildman–Crippen MR) is 51.2 cm³/mol. The Morgan fingerprint density at radius 1 is 1.46 bits per heavy atom. The standard InChI is InChI=1S/C9H13N4/c10-8-5-11-6-12-9(8)13-7-3-1-2-4-7/h5,7H,1-4,10H2,(H,11,12,13). The second kappa shape index (κ2) is 3.60. The zero-order valence-corrected chi connectivity index (χ0v) is 7.45. The molecule has 4 nitrogen and oxygen atoms in total. The first-order chi connectivity index (χ1) is 6.36. The van der Waals surface area contributed by atoms with Crippen LogP contribution in [0.15, 0.2) is 6.20 Å². The highest BCUT2D eigenvalue weighted by molar-refractivity contribution is 5.59. The van der Waals surface area contributed by atoms with Crippen molar-refractivity contribution in [2.75, 3.05) is 11.1 Å². The summed E-state index contributed by atoms with van der Waals surface area (Å²) in [7, 11) is 0. The lowest BCUT2D eigenvalue weighted by Gasteiger charge is -2.12. The van der Waals surface area contributed by atoms with Gasteiger partial charge in [0.1, 0.15) is 0 Å². The monoisotopic (exact) mass is 177 g/mol. The van der Waals surface area contributed by atoms with Crippen LogP contribution >= 0.6 is 0 Å². The van der Waals surface area contributed by atoms with Gasteiger partial charge in [-0.3, -0.25) is 0 Å². The van der Waals surface area contributed by atoms with E-state index in [1.54, 1.807) is 6.20 Å². The first-order valence-electron chi connectivity index (χ1n) is 4.61. The summed E-state index contributed by atoms with van der Waals surface area (Å²) in [5.41, 5.74) is 6.29. The minimum atomic E-state index is 0.533. The van der Waals surface area contributed by atoms with Crippen LogP contribution in [0.1, 0.15) is 25.7 Å². The van der Waals surface area contributed by atoms with E-state index >= 15 is 0 Å². The molecule has 1 radical (unpaired) electrons. The Kier molecular flexibility index (Phi) is 2.29. The van der Waals surface area contributed by atoms with Crippen LogP contribution in [0.25, 0.3) is 0 Å². The van der Waals surface area contributed by atoms with Crippen LogP contribution in [0.4, 0.5) is 11.5 Å². The second-order valence-electron chi connectivity index (χ2n) is 3.40. The maximum absolute atomic E-state index is 5.69. The summed E-state index contributed by atoms with van der Waals surface area (Å²) in [4.78, 5) is 7.69. The number of anilines is 2. The van der Waals surface area contributed by atoms with E-state index in [4.69, 9.17) is 5.73 Å². The highest BCUT2D eigenvalue weighted by Crippen LogP contribution is 2.23. The van der Waals surface area contributed by atoms with E-state index in [0.717, 1.165) is 5.82 Å². The number of aromatic nitrogens is 2. The number of hydrogen-bond acceptors (Lipinski definition) is 4. The molecular formula is C9H13N4. The summed E-state index contributed by atoms with van der Waals surface area (Å²) in [5.74, 6) is 0.724. The molecule has 13 heavy (non-hydrogen) atoms. The molecule has 1 aromatic rings. The fourth-order valence-electron chi connectivity index (χ4n) is 1.68. The molecule has 4 heteroatoms. The molecule has 0 amide bonds. The summed E-state index contributed by atoms with van der Waals surface area (Å²) < 4.78 is 0. The van der Waals surface area contributed by atoms with Gasteiger partial charge in [0.05, 0.1) is 11.9 Å². The van der Waals surface area contributed by atoms with Gasteiger partial charge in [0.15, 0.2) is 12.1 Å². The van der Waals surface area contributed by atoms with Crippen molar-refractivity contribution >= 4 is 11.5 Å². The lowest BCUT2D eigenvalue weighted by molar-refractivity contribution is 0.750. The van der Waals surface area contributed by atoms with Crippen LogP contribution in [-0.2, 0) is 0 Å². The van der Waals surface area contributed by atoms with E-state index in [-0.39, 0.29) is 0 Å². The first-order valence-corrected chi connectivity index (χ1v) is 4.61. The van der Waals surface area contributed by atoms with Crippen molar-refractivity contribution in [3.8, 4) is 0 Å². The Bertz CT molecular complexity index is 281. The minimum Gasteiger partial charge on any atom is -0.394 e. The van der Waals surface area contributed by atoms with Gasteiger partial charge in [-0.1, -0.05) is 12.8 Å². The summed E-state index contributed by atoms with van der Waals surface area (Å²) in [5, 5.41) is 3.30. The average molecular weight is 177 g/mol. The number of nitrogens with two attached hydrogens (primary N) is 1. The number of rotatable bonds is 2. The molecule has 69 valence electrons. The molecule has 1 saturated carbocycles. The molecule has 0 atom stereocenters. The third-order valence-corrected chi connectivity index (χ3v) is 2.39. The molecule has 1 aromatic heterocycles. The fourth-order valence-corrected chi connectivity index (χ4v) is 1.68. The van der Waals surface area contributed by atoms with Gasteiger partial charge < -0.3 is 11.1 Å². The van der Waals surface area contributed by atoms with E-state index in [9.17, 15) is 0 Å². The Balaban J connectivity index is 2.04. The Hall–Kier alpha value is -1.32. The van der Waals surface area contributed by atoms with Crippen molar-refractivity contribution in [2.24, 2.45) is 0 Å². The Morgan fingerprint density at radius 2 is 2.23 bits per heavy atom. The normalized spacial score (nSPS) is 17.5. The summed E-state index contributed by atoms with van der Waals surface area (Å²) >= 11 is 0. The summed E-state index contributed by atoms with van der Waals surface area (Å²) in [6.45, 7) is 0. The third kappa shape index (κ3) is 1.88. The number of nitrogens with zero attached hydrogens (tertiary/aromatic N) is 2. The van der Waals surface area contributed by atoms with Gasteiger partial charge in [-0.15, -0.1) is 0 Å². The summed E-state index contributed by atoms with van der Waals surface area (Å²) in [6, 6.07) is 0.533. The number of hydrogen-bond donors (Lipinski definition) is 2. The van der Waals surface area contributed by atoms with E-state index in [0.29, 0.717) is 11.7 Å². The smallest absolute Gasteiger partial charge is 0.199 e. The van der Waals surface area contributed by atoms with Crippen LogP contribution in [0.3, 0.4) is 0 Å². The molecule has 0 aromatic carbocycles. The minimum absolute atomic E-state index is 0.533. The molecule has 0 saturated heterocycles. The SMILES string of the molecule is Nc1cn[c]nc1NC1CCCC1. The summed E-state index contributed by atoms with van der Waals surface area (Å²) in [6.07, 6.45) is 9.13. The molecule has 0 unspecified atom stereocenters. The Labute approximate surface area is 77.6 Å². The third-order valence-electron chi connectivity index (χ3n) is 2.39. The van der Waals surface area contributed by atoms with Gasteiger partial charge >= 0.3 is 0 Å². The molecule has 1 heterocycles. The van der Waals surface area contributed by atoms with Gasteiger partial charge in [-0.25, -0.2) is 9.97 Å². The highest BCUT2D eigenvalue weighted by Gasteiger charge is 2.15. The zero-order chi connectivity index (χ0) is 9.10. The van der Waals surface area contributed by atoms with Crippen LogP contribution in [-0.4, -0.2) is 16.0 Å². The van der Waals surface area contributed by atoms with Crippen molar-refractivity contribution in [1.29, 1.82) is 0 Å². The van der Waals surface area contributed by atoms with Gasteiger partial charge in [0.25, 0.3) is 0 Å². The van der Waals surface area contributed by atoms with Crippen LogP contribution in [0.2, 0.25) is 0 Å². The van der Waals surface area contributed by atoms with E-state index in [1.807, 2.05) is 0 Å². The van der Waals surface area contributed by atoms with Crippen molar-refractivity contribution < 1.29 is 0 Å². The van der Waals surface area contributed by atoms with Crippen LogP contribution in [0.5, 0.6) is 0 Å². The average Bonchev–Trinajstić information content (AvgIpc) is 2.61. The van der Waals surface area contributed by atoms with Crippen molar-refractivity contribution in [2.45, 2.75) is 31.7 Å². The van der Waals surface area contributed by atoms with E-state index in [1.165, 1.54) is 25.7 Å². The highest BCUT2D eigenvalue weighted by atomic mass is 15.1.